The average Bonchev–Trinajstić information content (AvgIpc) is 3.66. The number of carboxylic acid groups (broad SMARTS) is 1. The van der Waals surface area contributed by atoms with Crippen molar-refractivity contribution >= 4 is 28.6 Å². The number of carbonyl (C=O) groups excluding carboxylic acids is 2. The highest BCUT2D eigenvalue weighted by Gasteiger charge is 2.63. The number of nitrogens with zero attached hydrogens (tertiary/aromatic N) is 1. The van der Waals surface area contributed by atoms with Gasteiger partial charge in [-0.15, -0.1) is 0 Å². The van der Waals surface area contributed by atoms with Crippen molar-refractivity contribution in [2.45, 2.75) is 63.0 Å². The Labute approximate surface area is 284 Å². The number of phenolic OH excluding ortho intramolecular Hbond substituents is 1. The average molecular weight is 693 g/mol. The van der Waals surface area contributed by atoms with E-state index in [0.29, 0.717) is 10.6 Å². The maximum Gasteiger partial charge on any atom is 0.311 e. The van der Waals surface area contributed by atoms with E-state index in [1.165, 1.54) is 36.6 Å². The largest absolute Gasteiger partial charge is 0.550 e. The molecule has 1 fully saturated rings. The normalized spacial score (nSPS) is 26.4. The molecule has 264 valence electrons. The number of hydroxylamine groups is 2. The molecule has 3 aliphatic heterocycles. The van der Waals surface area contributed by atoms with Crippen LogP contribution in [0.4, 0.5) is 0 Å². The Bertz CT molecular complexity index is 1920. The quantitative estimate of drug-likeness (QED) is 0.120. The van der Waals surface area contributed by atoms with Gasteiger partial charge in [-0.2, -0.15) is 9.90 Å². The third-order valence-electron chi connectivity index (χ3n) is 8.69. The number of rotatable bonds is 12. The maximum absolute atomic E-state index is 13.4. The number of allylic oxidation sites excluding steroid dienone is 1. The minimum atomic E-state index is -2.48. The molecule has 50 heavy (non-hydrogen) atoms. The van der Waals surface area contributed by atoms with Gasteiger partial charge in [0.15, 0.2) is 17.6 Å². The van der Waals surface area contributed by atoms with E-state index in [9.17, 15) is 39.9 Å². The SMILES string of the molecule is CC(C)CC(O)C1(O)C(O)C(COC(=O)CC(=O)[O-])OC(Oc2ccc3c(=O)c(-c4ccc(O)cc4)coc3c2)C1O[NH+]1C=C2C=CN=C2C1. The lowest BCUT2D eigenvalue weighted by Crippen LogP contribution is -3.08. The zero-order valence-electron chi connectivity index (χ0n) is 27.1. The van der Waals surface area contributed by atoms with Crippen molar-refractivity contribution in [1.82, 2.24) is 0 Å². The molecule has 15 heteroatoms. The maximum atomic E-state index is 13.4. The van der Waals surface area contributed by atoms with Gasteiger partial charge in [-0.3, -0.25) is 14.6 Å². The third kappa shape index (κ3) is 7.05. The Morgan fingerprint density at radius 2 is 1.94 bits per heavy atom. The number of aliphatic carboxylic acids is 1. The fourth-order valence-electron chi connectivity index (χ4n) is 6.18. The molecule has 1 saturated heterocycles. The second-order valence-electron chi connectivity index (χ2n) is 12.7. The first-order valence-electron chi connectivity index (χ1n) is 15.9. The number of fused-ring (bicyclic) bond motifs is 2. The molecule has 6 rings (SSSR count). The number of esters is 1. The lowest BCUT2D eigenvalue weighted by molar-refractivity contribution is -1.05. The molecule has 2 aromatic carbocycles. The van der Waals surface area contributed by atoms with Crippen LogP contribution in [-0.4, -0.2) is 87.5 Å². The van der Waals surface area contributed by atoms with Gasteiger partial charge in [0.05, 0.1) is 35.0 Å². The van der Waals surface area contributed by atoms with E-state index >= 15 is 0 Å². The molecule has 0 aliphatic carbocycles. The number of hydrogen-bond donors (Lipinski definition) is 5. The fourth-order valence-corrected chi connectivity index (χ4v) is 6.18. The van der Waals surface area contributed by atoms with Crippen molar-refractivity contribution in [3.63, 3.8) is 0 Å². The number of quaternary nitrogens is 1. The molecule has 3 aromatic rings. The van der Waals surface area contributed by atoms with Crippen molar-refractivity contribution in [3.05, 3.63) is 83.0 Å². The Morgan fingerprint density at radius 3 is 2.64 bits per heavy atom. The Kier molecular flexibility index (Phi) is 9.89. The van der Waals surface area contributed by atoms with Crippen LogP contribution in [0.2, 0.25) is 0 Å². The number of ether oxygens (including phenoxy) is 3. The molecule has 0 spiro atoms. The minimum Gasteiger partial charge on any atom is -0.550 e. The van der Waals surface area contributed by atoms with Crippen molar-refractivity contribution in [3.8, 4) is 22.6 Å². The highest BCUT2D eigenvalue weighted by molar-refractivity contribution is 6.06. The molecule has 4 heterocycles. The summed E-state index contributed by atoms with van der Waals surface area (Å²) in [6.45, 7) is 3.14. The van der Waals surface area contributed by atoms with E-state index in [1.807, 2.05) is 0 Å². The van der Waals surface area contributed by atoms with Crippen LogP contribution in [0, 0.1) is 5.92 Å². The van der Waals surface area contributed by atoms with E-state index in [0.717, 1.165) is 11.3 Å². The number of aliphatic imine (C=N–C) groups is 1. The van der Waals surface area contributed by atoms with Gasteiger partial charge in [0.25, 0.3) is 0 Å². The van der Waals surface area contributed by atoms with Crippen LogP contribution in [0.15, 0.2) is 87.0 Å². The lowest BCUT2D eigenvalue weighted by atomic mass is 9.77. The molecule has 7 unspecified atom stereocenters. The topological polar surface area (TPSA) is 222 Å². The molecular weight excluding hydrogens is 656 g/mol. The van der Waals surface area contributed by atoms with Crippen LogP contribution in [0.3, 0.4) is 0 Å². The smallest absolute Gasteiger partial charge is 0.311 e. The van der Waals surface area contributed by atoms with E-state index < -0.39 is 61.3 Å². The van der Waals surface area contributed by atoms with Crippen LogP contribution < -0.4 is 20.3 Å². The molecule has 3 aliphatic rings. The number of nitrogens with one attached hydrogen (secondary N) is 1. The van der Waals surface area contributed by atoms with Crippen molar-refractivity contribution in [2.75, 3.05) is 13.2 Å². The van der Waals surface area contributed by atoms with Crippen molar-refractivity contribution < 1.29 is 63.7 Å². The van der Waals surface area contributed by atoms with Crippen LogP contribution in [0.25, 0.3) is 22.1 Å². The number of benzene rings is 2. The summed E-state index contributed by atoms with van der Waals surface area (Å²) in [5.74, 6) is -2.88. The Balaban J connectivity index is 1.35. The fraction of sp³-hybridized carbons (Fsp3) is 0.371. The highest BCUT2D eigenvalue weighted by atomic mass is 16.8. The van der Waals surface area contributed by atoms with Crippen LogP contribution in [0.1, 0.15) is 26.7 Å². The molecule has 7 atom stereocenters. The molecule has 5 N–H and O–H groups in total. The first-order valence-corrected chi connectivity index (χ1v) is 15.9. The Hall–Kier alpha value is -4.90. The van der Waals surface area contributed by atoms with Crippen molar-refractivity contribution in [2.24, 2.45) is 10.9 Å². The Morgan fingerprint density at radius 1 is 1.18 bits per heavy atom. The summed E-state index contributed by atoms with van der Waals surface area (Å²) in [6.07, 6.45) is -2.89. The van der Waals surface area contributed by atoms with Gasteiger partial charge in [0, 0.05) is 12.3 Å². The van der Waals surface area contributed by atoms with Gasteiger partial charge in [-0.05, 0) is 48.2 Å². The van der Waals surface area contributed by atoms with Gasteiger partial charge in [-0.1, -0.05) is 26.0 Å². The summed E-state index contributed by atoms with van der Waals surface area (Å²) < 4.78 is 23.1. The number of carboxylic acids is 1. The van der Waals surface area contributed by atoms with Gasteiger partial charge in [0.1, 0.15) is 54.1 Å². The predicted octanol–water partition coefficient (Wildman–Crippen LogP) is -0.498. The van der Waals surface area contributed by atoms with E-state index in [1.54, 1.807) is 44.5 Å². The highest BCUT2D eigenvalue weighted by Crippen LogP contribution is 2.38. The van der Waals surface area contributed by atoms with Crippen LogP contribution in [-0.2, 0) is 23.9 Å². The molecule has 0 saturated carbocycles. The summed E-state index contributed by atoms with van der Waals surface area (Å²) in [5, 5.41) is 56.4. The molecule has 1 aromatic heterocycles. The summed E-state index contributed by atoms with van der Waals surface area (Å²) in [7, 11) is 0. The number of aliphatic hydroxyl groups is 3. The first kappa shape index (κ1) is 34.9. The van der Waals surface area contributed by atoms with Crippen LogP contribution in [0.5, 0.6) is 11.5 Å². The summed E-state index contributed by atoms with van der Waals surface area (Å²) in [6, 6.07) is 10.4. The second-order valence-corrected chi connectivity index (χ2v) is 12.7. The molecule has 0 bridgehead atoms. The van der Waals surface area contributed by atoms with Gasteiger partial charge >= 0.3 is 5.97 Å². The van der Waals surface area contributed by atoms with Crippen LogP contribution >= 0.6 is 0 Å². The lowest BCUT2D eigenvalue weighted by Gasteiger charge is -2.50. The molecule has 15 nitrogen and oxygen atoms in total. The zero-order chi connectivity index (χ0) is 35.7. The molecule has 0 radical (unpaired) electrons. The minimum absolute atomic E-state index is 0.00764. The number of aliphatic hydroxyl groups excluding tert-OH is 2. The third-order valence-corrected chi connectivity index (χ3v) is 8.69. The summed E-state index contributed by atoms with van der Waals surface area (Å²) >= 11 is 0. The van der Waals surface area contributed by atoms with Crippen molar-refractivity contribution in [1.29, 1.82) is 0 Å². The van der Waals surface area contributed by atoms with E-state index in [4.69, 9.17) is 23.5 Å². The molecule has 0 amide bonds. The monoisotopic (exact) mass is 692 g/mol. The second kappa shape index (κ2) is 14.1. The first-order chi connectivity index (χ1) is 23.8. The number of carbonyl (C=O) groups is 2. The summed E-state index contributed by atoms with van der Waals surface area (Å²) in [5.41, 5.74) is -0.398. The standard InChI is InChI=1S/C35H36N2O13/c1-18(2)11-28(39)35(45)32(44)27(17-47-30(42)13-29(40)41)49-34(33(35)50-37-14-20-9-10-36-25(20)15-37)48-22-7-8-23-26(12-22)46-16-24(31(23)43)19-3-5-21(38)6-4-19/h3-10,12,14,16,18,27-28,32-34,38-39,44-45H,11,13,15,17H2,1-2H3,(H,40,41). The van der Waals surface area contributed by atoms with E-state index in [2.05, 4.69) is 4.99 Å². The zero-order valence-corrected chi connectivity index (χ0v) is 27.1. The molecular formula is C35H36N2O13. The summed E-state index contributed by atoms with van der Waals surface area (Å²) in [4.78, 5) is 46.9. The van der Waals surface area contributed by atoms with Gasteiger partial charge < -0.3 is 49.0 Å². The van der Waals surface area contributed by atoms with Gasteiger partial charge in [0.2, 0.25) is 12.4 Å². The number of aromatic hydroxyl groups is 1. The predicted molar refractivity (Wildman–Crippen MR) is 171 cm³/mol. The number of phenols is 1. The van der Waals surface area contributed by atoms with Gasteiger partial charge in [-0.25, -0.2) is 0 Å². The number of hydrogen-bond acceptors (Lipinski definition) is 14. The van der Waals surface area contributed by atoms with E-state index in [-0.39, 0.29) is 52.3 Å².